The maximum Gasteiger partial charge on any atom is 1.00 e. The molecule has 0 amide bonds. The van der Waals surface area contributed by atoms with Crippen molar-refractivity contribution in [2.75, 3.05) is 0 Å². The standard InChI is InChI=1S/C23H37N3O8S.Na.H/c1-13(2)10-17(25)20(28)23(19(27)15(4)24,14(3)11-18(26)21(29)35(31,32)33)22(30)34-12-16-8-6-5-7-9-16;;/h5-9,13-15,17-18,21,29H,10-12,24-26H2,1-4H3,(H,31,32,33);;/q;+1;-1/t14?,15-,17-,18?,21?,23?;;/m1../s1. The van der Waals surface area contributed by atoms with E-state index in [-0.39, 0.29) is 49.9 Å². The van der Waals surface area contributed by atoms with Crippen LogP contribution in [0.1, 0.15) is 47.5 Å². The van der Waals surface area contributed by atoms with Crippen molar-refractivity contribution in [3.8, 4) is 0 Å². The van der Waals surface area contributed by atoms with Gasteiger partial charge >= 0.3 is 35.5 Å². The Bertz CT molecular complexity index is 997. The molecule has 11 nitrogen and oxygen atoms in total. The summed E-state index contributed by atoms with van der Waals surface area (Å²) in [6, 6.07) is 4.36. The SMILES string of the molecule is CC(C)C[C@@H](N)C(=O)C(C(=O)OCc1ccccc1)(C(=O)[C@@H](C)N)C(C)CC(N)C(O)S(=O)(=O)O.[H-].[Na+]. The van der Waals surface area contributed by atoms with Gasteiger partial charge in [0.15, 0.2) is 22.4 Å². The quantitative estimate of drug-likeness (QED) is 0.0707. The largest absolute Gasteiger partial charge is 1.00 e. The number of Topliss-reactive ketones (excluding diaryl/α,β-unsaturated/α-hetero) is 2. The number of nitrogens with two attached hydrogens (primary N) is 3. The molecule has 8 N–H and O–H groups in total. The average Bonchev–Trinajstić information content (AvgIpc) is 2.76. The number of hydrogen-bond acceptors (Lipinski definition) is 10. The molecule has 0 aromatic heterocycles. The van der Waals surface area contributed by atoms with Gasteiger partial charge in [-0.1, -0.05) is 51.1 Å². The van der Waals surface area contributed by atoms with E-state index in [0.717, 1.165) is 0 Å². The van der Waals surface area contributed by atoms with Crippen LogP contribution in [0.15, 0.2) is 30.3 Å². The van der Waals surface area contributed by atoms with Gasteiger partial charge in [-0.3, -0.25) is 18.9 Å². The van der Waals surface area contributed by atoms with Gasteiger partial charge in [0.1, 0.15) is 6.61 Å². The second-order valence-corrected chi connectivity index (χ2v) is 10.8. The van der Waals surface area contributed by atoms with Crippen LogP contribution in [0.5, 0.6) is 0 Å². The Morgan fingerprint density at radius 3 is 1.97 bits per heavy atom. The third-order valence-corrected chi connectivity index (χ3v) is 6.78. The zero-order chi connectivity index (χ0) is 27.1. The van der Waals surface area contributed by atoms with Crippen molar-refractivity contribution in [1.29, 1.82) is 0 Å². The van der Waals surface area contributed by atoms with Crippen LogP contribution in [-0.4, -0.2) is 59.2 Å². The van der Waals surface area contributed by atoms with Crippen molar-refractivity contribution in [1.82, 2.24) is 0 Å². The fraction of sp³-hybridized carbons (Fsp3) is 0.609. The molecule has 4 unspecified atom stereocenters. The predicted octanol–water partition coefficient (Wildman–Crippen LogP) is -2.75. The van der Waals surface area contributed by atoms with Gasteiger partial charge in [0.25, 0.3) is 10.1 Å². The molecule has 0 saturated heterocycles. The molecule has 0 bridgehead atoms. The smallest absolute Gasteiger partial charge is 1.00 e. The summed E-state index contributed by atoms with van der Waals surface area (Å²) in [6.07, 6.45) is -0.384. The first kappa shape index (κ1) is 34.8. The second kappa shape index (κ2) is 14.6. The maximum atomic E-state index is 13.7. The van der Waals surface area contributed by atoms with Crippen molar-refractivity contribution < 1.29 is 68.2 Å². The summed E-state index contributed by atoms with van der Waals surface area (Å²) < 4.78 is 37.3. The van der Waals surface area contributed by atoms with Crippen LogP contribution in [0.25, 0.3) is 0 Å². The third kappa shape index (κ3) is 8.67. The number of aliphatic hydroxyl groups excluding tert-OH is 1. The van der Waals surface area contributed by atoms with Crippen molar-refractivity contribution in [2.45, 2.75) is 70.7 Å². The van der Waals surface area contributed by atoms with E-state index in [1.807, 2.05) is 0 Å². The van der Waals surface area contributed by atoms with Crippen LogP contribution in [0, 0.1) is 17.3 Å². The fourth-order valence-electron chi connectivity index (χ4n) is 4.04. The van der Waals surface area contributed by atoms with Crippen LogP contribution in [0.2, 0.25) is 0 Å². The van der Waals surface area contributed by atoms with Crippen molar-refractivity contribution in [3.05, 3.63) is 35.9 Å². The van der Waals surface area contributed by atoms with E-state index in [1.165, 1.54) is 13.8 Å². The Labute approximate surface area is 236 Å². The summed E-state index contributed by atoms with van der Waals surface area (Å²) in [5.74, 6) is -4.46. The topological polar surface area (TPSA) is 213 Å². The normalized spacial score (nSPS) is 17.6. The number of aliphatic hydroxyl groups is 1. The first-order valence-corrected chi connectivity index (χ1v) is 12.8. The van der Waals surface area contributed by atoms with E-state index in [2.05, 4.69) is 0 Å². The van der Waals surface area contributed by atoms with Gasteiger partial charge in [-0.15, -0.1) is 0 Å². The average molecular weight is 540 g/mol. The summed E-state index contributed by atoms with van der Waals surface area (Å²) in [7, 11) is -4.95. The van der Waals surface area contributed by atoms with Crippen molar-refractivity contribution in [2.24, 2.45) is 34.5 Å². The monoisotopic (exact) mass is 539 g/mol. The third-order valence-electron chi connectivity index (χ3n) is 5.82. The maximum absolute atomic E-state index is 13.7. The number of ether oxygens (including phenoxy) is 1. The molecule has 1 aromatic rings. The van der Waals surface area contributed by atoms with Crippen LogP contribution in [-0.2, 0) is 35.8 Å². The molecule has 200 valence electrons. The van der Waals surface area contributed by atoms with Gasteiger partial charge in [0.05, 0.1) is 12.1 Å². The fourth-order valence-corrected chi connectivity index (χ4v) is 4.59. The van der Waals surface area contributed by atoms with Gasteiger partial charge < -0.3 is 28.5 Å². The number of carbonyl (C=O) groups excluding carboxylic acids is 3. The molecule has 1 aromatic carbocycles. The van der Waals surface area contributed by atoms with Crippen molar-refractivity contribution in [3.63, 3.8) is 0 Å². The summed E-state index contributed by atoms with van der Waals surface area (Å²) in [5, 5.41) is 9.88. The minimum Gasteiger partial charge on any atom is -1.00 e. The van der Waals surface area contributed by atoms with E-state index in [1.54, 1.807) is 44.2 Å². The van der Waals surface area contributed by atoms with E-state index >= 15 is 0 Å². The first-order chi connectivity index (χ1) is 16.1. The molecule has 13 heteroatoms. The van der Waals surface area contributed by atoms with E-state index in [0.29, 0.717) is 5.56 Å². The number of benzene rings is 1. The molecule has 0 aliphatic rings. The summed E-state index contributed by atoms with van der Waals surface area (Å²) in [6.45, 7) is 5.96. The van der Waals surface area contributed by atoms with Gasteiger partial charge in [-0.05, 0) is 37.2 Å². The van der Waals surface area contributed by atoms with E-state index in [9.17, 15) is 27.9 Å². The second-order valence-electron chi connectivity index (χ2n) is 9.33. The van der Waals surface area contributed by atoms with Crippen molar-refractivity contribution >= 4 is 27.7 Å². The van der Waals surface area contributed by atoms with Gasteiger partial charge in [-0.2, -0.15) is 8.42 Å². The molecule has 0 spiro atoms. The Hall–Kier alpha value is -1.22. The Kier molecular flexibility index (Phi) is 14.2. The number of carbonyl (C=O) groups is 3. The minimum atomic E-state index is -4.95. The van der Waals surface area contributed by atoms with E-state index in [4.69, 9.17) is 26.5 Å². The number of hydrogen-bond donors (Lipinski definition) is 5. The van der Waals surface area contributed by atoms with E-state index < -0.39 is 69.0 Å². The Morgan fingerprint density at radius 1 is 1.00 bits per heavy atom. The summed E-state index contributed by atoms with van der Waals surface area (Å²) in [4.78, 5) is 40.7. The molecule has 0 radical (unpaired) electrons. The Balaban J connectivity index is 0. The van der Waals surface area contributed by atoms with Crippen LogP contribution in [0.3, 0.4) is 0 Å². The van der Waals surface area contributed by atoms with Gasteiger partial charge in [-0.25, -0.2) is 0 Å². The molecular formula is C23H38N3NaO8S. The zero-order valence-electron chi connectivity index (χ0n) is 22.5. The number of ketones is 2. The zero-order valence-corrected chi connectivity index (χ0v) is 24.3. The molecule has 0 aliphatic heterocycles. The molecule has 0 heterocycles. The molecule has 0 aliphatic carbocycles. The first-order valence-electron chi connectivity index (χ1n) is 11.3. The van der Waals surface area contributed by atoms with Gasteiger partial charge in [0.2, 0.25) is 0 Å². The summed E-state index contributed by atoms with van der Waals surface area (Å²) in [5.41, 5.74) is 13.4. The molecule has 0 saturated carbocycles. The number of rotatable bonds is 14. The number of esters is 1. The van der Waals surface area contributed by atoms with Gasteiger partial charge in [0, 0.05) is 6.04 Å². The van der Waals surface area contributed by atoms with Crippen LogP contribution in [0.4, 0.5) is 0 Å². The molecular weight excluding hydrogens is 501 g/mol. The molecule has 6 atom stereocenters. The molecule has 0 fully saturated rings. The molecule has 1 rings (SSSR count). The minimum absolute atomic E-state index is 0. The molecule has 36 heavy (non-hydrogen) atoms. The Morgan fingerprint density at radius 2 is 1.53 bits per heavy atom. The van der Waals surface area contributed by atoms with Crippen LogP contribution >= 0.6 is 0 Å². The summed E-state index contributed by atoms with van der Waals surface area (Å²) >= 11 is 0. The predicted molar refractivity (Wildman–Crippen MR) is 130 cm³/mol. The van der Waals surface area contributed by atoms with Crippen LogP contribution < -0.4 is 46.8 Å².